The maximum absolute atomic E-state index is 12.7. The van der Waals surface area contributed by atoms with Crippen LogP contribution in [0.5, 0.6) is 11.5 Å². The van der Waals surface area contributed by atoms with Crippen molar-refractivity contribution in [3.63, 3.8) is 0 Å². The van der Waals surface area contributed by atoms with Crippen molar-refractivity contribution in [2.24, 2.45) is 5.92 Å². The minimum atomic E-state index is -0.768. The number of hydrogen-bond donors (Lipinski definition) is 1. The number of fused-ring (bicyclic) bond motifs is 1. The van der Waals surface area contributed by atoms with Gasteiger partial charge in [0.1, 0.15) is 0 Å². The maximum atomic E-state index is 12.7. The van der Waals surface area contributed by atoms with Crippen LogP contribution in [0, 0.1) is 5.92 Å². The molecule has 0 spiro atoms. The summed E-state index contributed by atoms with van der Waals surface area (Å²) in [5.41, 5.74) is 2.25. The van der Waals surface area contributed by atoms with E-state index in [1.807, 2.05) is 21.9 Å². The summed E-state index contributed by atoms with van der Waals surface area (Å²) in [6.45, 7) is 2.73. The van der Waals surface area contributed by atoms with Gasteiger partial charge in [0, 0.05) is 19.6 Å². The van der Waals surface area contributed by atoms with Crippen molar-refractivity contribution < 1.29 is 24.2 Å². The maximum Gasteiger partial charge on any atom is 0.307 e. The van der Waals surface area contributed by atoms with Crippen LogP contribution in [0.2, 0.25) is 0 Å². The van der Waals surface area contributed by atoms with Crippen LogP contribution in [0.15, 0.2) is 12.1 Å². The Balaban J connectivity index is 1.64. The number of carbonyl (C=O) groups excluding carboxylic acids is 1. The molecule has 2 aliphatic rings. The van der Waals surface area contributed by atoms with E-state index in [2.05, 4.69) is 0 Å². The van der Waals surface area contributed by atoms with Gasteiger partial charge in [-0.25, -0.2) is 0 Å². The molecular weight excluding hydrogens is 336 g/mol. The van der Waals surface area contributed by atoms with Crippen molar-refractivity contribution in [3.8, 4) is 11.5 Å². The van der Waals surface area contributed by atoms with Gasteiger partial charge in [-0.05, 0) is 49.1 Å². The molecule has 2 aliphatic heterocycles. The minimum absolute atomic E-state index is 0.0523. The average molecular weight is 362 g/mol. The van der Waals surface area contributed by atoms with Crippen molar-refractivity contribution in [1.82, 2.24) is 9.80 Å². The predicted molar refractivity (Wildman–Crippen MR) is 95.5 cm³/mol. The second-order valence-corrected chi connectivity index (χ2v) is 6.95. The number of carbonyl (C=O) groups is 2. The highest BCUT2D eigenvalue weighted by Crippen LogP contribution is 2.33. The monoisotopic (exact) mass is 362 g/mol. The molecule has 0 aromatic heterocycles. The summed E-state index contributed by atoms with van der Waals surface area (Å²) in [5.74, 6) is 0.293. The Hall–Kier alpha value is -2.28. The number of carboxylic acids is 1. The molecule has 2 heterocycles. The molecule has 26 heavy (non-hydrogen) atoms. The molecule has 3 rings (SSSR count). The van der Waals surface area contributed by atoms with Gasteiger partial charge in [-0.15, -0.1) is 0 Å². The van der Waals surface area contributed by atoms with E-state index < -0.39 is 5.97 Å². The minimum Gasteiger partial charge on any atom is -0.493 e. The molecule has 0 aliphatic carbocycles. The normalized spacial score (nSPS) is 20.4. The summed E-state index contributed by atoms with van der Waals surface area (Å²) in [5, 5.41) is 9.20. The van der Waals surface area contributed by atoms with Crippen molar-refractivity contribution in [1.29, 1.82) is 0 Å². The Bertz CT molecular complexity index is 691. The van der Waals surface area contributed by atoms with Crippen molar-refractivity contribution in [2.45, 2.75) is 25.8 Å². The van der Waals surface area contributed by atoms with Gasteiger partial charge >= 0.3 is 5.97 Å². The zero-order chi connectivity index (χ0) is 18.7. The molecule has 142 valence electrons. The van der Waals surface area contributed by atoms with Crippen LogP contribution in [0.4, 0.5) is 0 Å². The molecule has 0 saturated carbocycles. The van der Waals surface area contributed by atoms with Crippen LogP contribution in [0.1, 0.15) is 24.0 Å². The average Bonchev–Trinajstić information content (AvgIpc) is 2.66. The number of aliphatic carboxylic acids is 1. The number of piperidine rings is 1. The molecule has 0 radical (unpaired) electrons. The number of hydrogen-bond acceptors (Lipinski definition) is 5. The van der Waals surface area contributed by atoms with Crippen LogP contribution in [0.25, 0.3) is 0 Å². The first-order valence-corrected chi connectivity index (χ1v) is 8.98. The van der Waals surface area contributed by atoms with Crippen molar-refractivity contribution >= 4 is 11.9 Å². The van der Waals surface area contributed by atoms with Gasteiger partial charge in [0.2, 0.25) is 5.91 Å². The van der Waals surface area contributed by atoms with Gasteiger partial charge in [-0.1, -0.05) is 0 Å². The van der Waals surface area contributed by atoms with Gasteiger partial charge in [0.05, 0.1) is 26.7 Å². The van der Waals surface area contributed by atoms with Crippen LogP contribution in [-0.4, -0.2) is 67.2 Å². The fourth-order valence-electron chi connectivity index (χ4n) is 3.79. The zero-order valence-electron chi connectivity index (χ0n) is 15.4. The molecule has 1 unspecified atom stereocenters. The Morgan fingerprint density at radius 2 is 1.85 bits per heavy atom. The lowest BCUT2D eigenvalue weighted by Gasteiger charge is -2.34. The van der Waals surface area contributed by atoms with Gasteiger partial charge in [0.15, 0.2) is 11.5 Å². The van der Waals surface area contributed by atoms with Crippen LogP contribution >= 0.6 is 0 Å². The molecule has 7 nitrogen and oxygen atoms in total. The summed E-state index contributed by atoms with van der Waals surface area (Å²) < 4.78 is 10.7. The number of amides is 1. The van der Waals surface area contributed by atoms with E-state index in [9.17, 15) is 14.7 Å². The first-order chi connectivity index (χ1) is 12.5. The Labute approximate surface area is 153 Å². The van der Waals surface area contributed by atoms with Gasteiger partial charge in [0.25, 0.3) is 0 Å². The molecule has 1 saturated heterocycles. The van der Waals surface area contributed by atoms with Gasteiger partial charge in [-0.3, -0.25) is 14.5 Å². The molecule has 7 heteroatoms. The lowest BCUT2D eigenvalue weighted by molar-refractivity contribution is -0.145. The highest BCUT2D eigenvalue weighted by Gasteiger charge is 2.29. The lowest BCUT2D eigenvalue weighted by Crippen LogP contribution is -2.46. The van der Waals surface area contributed by atoms with E-state index in [1.165, 1.54) is 5.56 Å². The lowest BCUT2D eigenvalue weighted by atomic mass is 9.97. The van der Waals surface area contributed by atoms with Crippen LogP contribution < -0.4 is 9.47 Å². The topological polar surface area (TPSA) is 79.3 Å². The van der Waals surface area contributed by atoms with Crippen molar-refractivity contribution in [2.75, 3.05) is 40.4 Å². The summed E-state index contributed by atoms with van der Waals surface area (Å²) in [4.78, 5) is 27.7. The standard InChI is InChI=1S/C19H26N2O5/c1-25-16-8-13-5-7-21(11-15(13)9-17(16)26-2)18(22)12-20-6-3-4-14(10-20)19(23)24/h8-9,14H,3-7,10-12H2,1-2H3,(H,23,24). The fourth-order valence-corrected chi connectivity index (χ4v) is 3.79. The summed E-state index contributed by atoms with van der Waals surface area (Å²) >= 11 is 0. The quantitative estimate of drug-likeness (QED) is 0.853. The number of rotatable bonds is 5. The third-order valence-corrected chi connectivity index (χ3v) is 5.28. The fraction of sp³-hybridized carbons (Fsp3) is 0.579. The zero-order valence-corrected chi connectivity index (χ0v) is 15.4. The van der Waals surface area contributed by atoms with E-state index in [1.54, 1.807) is 14.2 Å². The third-order valence-electron chi connectivity index (χ3n) is 5.28. The van der Waals surface area contributed by atoms with E-state index in [-0.39, 0.29) is 18.4 Å². The van der Waals surface area contributed by atoms with E-state index in [0.717, 1.165) is 24.9 Å². The number of likely N-dealkylation sites (tertiary alicyclic amines) is 1. The molecule has 1 aromatic carbocycles. The molecular formula is C19H26N2O5. The number of nitrogens with zero attached hydrogens (tertiary/aromatic N) is 2. The number of methoxy groups -OCH3 is 2. The summed E-state index contributed by atoms with van der Waals surface area (Å²) in [6, 6.07) is 3.92. The molecule has 0 bridgehead atoms. The Morgan fingerprint density at radius 3 is 2.50 bits per heavy atom. The first-order valence-electron chi connectivity index (χ1n) is 8.98. The van der Waals surface area contributed by atoms with Gasteiger partial charge < -0.3 is 19.5 Å². The first kappa shape index (κ1) is 18.5. The highest BCUT2D eigenvalue weighted by molar-refractivity contribution is 5.79. The molecule has 1 N–H and O–H groups in total. The van der Waals surface area contributed by atoms with E-state index in [0.29, 0.717) is 37.6 Å². The number of benzene rings is 1. The predicted octanol–water partition coefficient (Wildman–Crippen LogP) is 1.39. The second kappa shape index (κ2) is 7.95. The number of carboxylic acid groups (broad SMARTS) is 1. The second-order valence-electron chi connectivity index (χ2n) is 6.95. The van der Waals surface area contributed by atoms with Crippen LogP contribution in [0.3, 0.4) is 0 Å². The highest BCUT2D eigenvalue weighted by atomic mass is 16.5. The van der Waals surface area contributed by atoms with Gasteiger partial charge in [-0.2, -0.15) is 0 Å². The summed E-state index contributed by atoms with van der Waals surface area (Å²) in [7, 11) is 3.22. The Kier molecular flexibility index (Phi) is 5.66. The van der Waals surface area contributed by atoms with E-state index >= 15 is 0 Å². The SMILES string of the molecule is COc1cc2c(cc1OC)CN(C(=O)CN1CCCC(C(=O)O)C1)CC2. The summed E-state index contributed by atoms with van der Waals surface area (Å²) in [6.07, 6.45) is 2.29. The number of ether oxygens (including phenoxy) is 2. The molecule has 1 amide bonds. The molecule has 1 aromatic rings. The van der Waals surface area contributed by atoms with Crippen LogP contribution in [-0.2, 0) is 22.6 Å². The molecule has 1 fully saturated rings. The van der Waals surface area contributed by atoms with Crippen molar-refractivity contribution in [3.05, 3.63) is 23.3 Å². The Morgan fingerprint density at radius 1 is 1.15 bits per heavy atom. The molecule has 1 atom stereocenters. The smallest absolute Gasteiger partial charge is 0.307 e. The third kappa shape index (κ3) is 3.93. The van der Waals surface area contributed by atoms with E-state index in [4.69, 9.17) is 9.47 Å². The largest absolute Gasteiger partial charge is 0.493 e.